The summed E-state index contributed by atoms with van der Waals surface area (Å²) in [5, 5.41) is 0. The predicted molar refractivity (Wildman–Crippen MR) is 37.1 cm³/mol. The fourth-order valence-electron chi connectivity index (χ4n) is 0.773. The first-order valence-electron chi connectivity index (χ1n) is 3.20. The molecule has 0 amide bonds. The summed E-state index contributed by atoms with van der Waals surface area (Å²) in [5.41, 5.74) is 5.39. The molecule has 1 atom stereocenters. The van der Waals surface area contributed by atoms with Crippen LogP contribution < -0.4 is 5.73 Å². The highest BCUT2D eigenvalue weighted by Gasteiger charge is 2.27. The van der Waals surface area contributed by atoms with E-state index in [0.717, 1.165) is 0 Å². The van der Waals surface area contributed by atoms with E-state index < -0.39 is 5.72 Å². The van der Waals surface area contributed by atoms with Gasteiger partial charge in [0.2, 0.25) is 0 Å². The van der Waals surface area contributed by atoms with Crippen LogP contribution in [-0.4, -0.2) is 11.7 Å². The second-order valence-electron chi connectivity index (χ2n) is 2.79. The second kappa shape index (κ2) is 2.09. The molecule has 0 aromatic rings. The maximum Gasteiger partial charge on any atom is 0.335 e. The van der Waals surface area contributed by atoms with Gasteiger partial charge in [-0.25, -0.2) is 4.79 Å². The summed E-state index contributed by atoms with van der Waals surface area (Å²) in [6.07, 6.45) is 2.40. The van der Waals surface area contributed by atoms with Gasteiger partial charge in [-0.2, -0.15) is 0 Å². The molecule has 0 aromatic heterocycles. The van der Waals surface area contributed by atoms with Crippen molar-refractivity contribution in [1.82, 2.24) is 0 Å². The molecule has 0 saturated heterocycles. The Hall–Kier alpha value is -0.830. The Bertz CT molecular complexity index is 194. The van der Waals surface area contributed by atoms with Crippen molar-refractivity contribution < 1.29 is 9.53 Å². The van der Waals surface area contributed by atoms with Crippen LogP contribution in [0.3, 0.4) is 0 Å². The highest BCUT2D eigenvalue weighted by molar-refractivity contribution is 5.88. The maximum atomic E-state index is 10.8. The lowest BCUT2D eigenvalue weighted by Gasteiger charge is -2.27. The number of carbonyl (C=O) groups excluding carboxylic acids is 1. The SMILES string of the molecule is CC1=CCC(C)(N)OC1=O. The molecule has 56 valence electrons. The van der Waals surface area contributed by atoms with Gasteiger partial charge in [-0.15, -0.1) is 0 Å². The number of esters is 1. The van der Waals surface area contributed by atoms with E-state index in [9.17, 15) is 4.79 Å². The van der Waals surface area contributed by atoms with Crippen LogP contribution >= 0.6 is 0 Å². The Morgan fingerprint density at radius 1 is 1.80 bits per heavy atom. The summed E-state index contributed by atoms with van der Waals surface area (Å²) in [4.78, 5) is 10.8. The van der Waals surface area contributed by atoms with Gasteiger partial charge in [-0.05, 0) is 13.8 Å². The molecule has 2 N–H and O–H groups in total. The highest BCUT2D eigenvalue weighted by atomic mass is 16.6. The van der Waals surface area contributed by atoms with Crippen LogP contribution in [0.25, 0.3) is 0 Å². The summed E-state index contributed by atoms with van der Waals surface area (Å²) < 4.78 is 4.86. The van der Waals surface area contributed by atoms with Gasteiger partial charge in [0.15, 0.2) is 5.72 Å². The number of hydrogen-bond acceptors (Lipinski definition) is 3. The zero-order valence-corrected chi connectivity index (χ0v) is 6.18. The molecule has 1 rings (SSSR count). The summed E-state index contributed by atoms with van der Waals surface area (Å²) in [6.45, 7) is 3.41. The molecule has 0 spiro atoms. The topological polar surface area (TPSA) is 52.3 Å². The van der Waals surface area contributed by atoms with Crippen molar-refractivity contribution in [1.29, 1.82) is 0 Å². The first-order valence-corrected chi connectivity index (χ1v) is 3.20. The molecule has 3 heteroatoms. The minimum Gasteiger partial charge on any atom is -0.441 e. The van der Waals surface area contributed by atoms with Crippen LogP contribution in [-0.2, 0) is 9.53 Å². The Labute approximate surface area is 59.8 Å². The van der Waals surface area contributed by atoms with Crippen molar-refractivity contribution in [3.8, 4) is 0 Å². The van der Waals surface area contributed by atoms with Crippen molar-refractivity contribution in [2.45, 2.75) is 26.0 Å². The molecule has 0 saturated carbocycles. The Morgan fingerprint density at radius 2 is 2.40 bits per heavy atom. The van der Waals surface area contributed by atoms with E-state index in [1.807, 2.05) is 0 Å². The fourth-order valence-corrected chi connectivity index (χ4v) is 0.773. The molecule has 1 aliphatic rings. The lowest BCUT2D eigenvalue weighted by atomic mass is 10.1. The quantitative estimate of drug-likeness (QED) is 0.501. The Kier molecular flexibility index (Phi) is 1.52. The van der Waals surface area contributed by atoms with Crippen molar-refractivity contribution in [2.24, 2.45) is 5.73 Å². The van der Waals surface area contributed by atoms with E-state index in [0.29, 0.717) is 12.0 Å². The molecule has 0 aromatic carbocycles. The molecular weight excluding hydrogens is 130 g/mol. The van der Waals surface area contributed by atoms with E-state index in [2.05, 4.69) is 0 Å². The molecule has 0 fully saturated rings. The molecule has 3 nitrogen and oxygen atoms in total. The smallest absolute Gasteiger partial charge is 0.335 e. The summed E-state index contributed by atoms with van der Waals surface area (Å²) in [6, 6.07) is 0. The van der Waals surface area contributed by atoms with Crippen LogP contribution in [0.1, 0.15) is 20.3 Å². The van der Waals surface area contributed by atoms with Gasteiger partial charge in [-0.1, -0.05) is 6.08 Å². The lowest BCUT2D eigenvalue weighted by molar-refractivity contribution is -0.154. The first-order chi connectivity index (χ1) is 4.51. The number of cyclic esters (lactones) is 1. The standard InChI is InChI=1S/C7H11NO2/c1-5-3-4-7(2,8)10-6(5)9/h3H,4,8H2,1-2H3. The van der Waals surface area contributed by atoms with E-state index in [-0.39, 0.29) is 5.97 Å². The van der Waals surface area contributed by atoms with Crippen LogP contribution in [0.5, 0.6) is 0 Å². The number of hydrogen-bond donors (Lipinski definition) is 1. The monoisotopic (exact) mass is 141 g/mol. The molecule has 0 aliphatic carbocycles. The maximum absolute atomic E-state index is 10.8. The van der Waals surface area contributed by atoms with Gasteiger partial charge in [0.25, 0.3) is 0 Å². The normalized spacial score (nSPS) is 33.1. The third-order valence-electron chi connectivity index (χ3n) is 1.46. The molecule has 0 bridgehead atoms. The molecular formula is C7H11NO2. The van der Waals surface area contributed by atoms with Crippen LogP contribution in [0, 0.1) is 0 Å². The average molecular weight is 141 g/mol. The first kappa shape index (κ1) is 7.28. The third-order valence-corrected chi connectivity index (χ3v) is 1.46. The largest absolute Gasteiger partial charge is 0.441 e. The van der Waals surface area contributed by atoms with Crippen molar-refractivity contribution >= 4 is 5.97 Å². The zero-order chi connectivity index (χ0) is 7.78. The van der Waals surface area contributed by atoms with Crippen LogP contribution in [0.15, 0.2) is 11.6 Å². The third kappa shape index (κ3) is 1.36. The zero-order valence-electron chi connectivity index (χ0n) is 6.18. The van der Waals surface area contributed by atoms with E-state index in [1.54, 1.807) is 19.9 Å². The molecule has 1 unspecified atom stereocenters. The molecule has 1 heterocycles. The van der Waals surface area contributed by atoms with Gasteiger partial charge < -0.3 is 4.74 Å². The molecule has 1 aliphatic heterocycles. The number of rotatable bonds is 0. The average Bonchev–Trinajstić information content (AvgIpc) is 1.79. The van der Waals surface area contributed by atoms with Gasteiger partial charge in [0.05, 0.1) is 0 Å². The number of nitrogens with two attached hydrogens (primary N) is 1. The van der Waals surface area contributed by atoms with Crippen molar-refractivity contribution in [2.75, 3.05) is 0 Å². The molecule has 10 heavy (non-hydrogen) atoms. The van der Waals surface area contributed by atoms with Crippen molar-refractivity contribution in [3.63, 3.8) is 0 Å². The van der Waals surface area contributed by atoms with Crippen LogP contribution in [0.4, 0.5) is 0 Å². The van der Waals surface area contributed by atoms with Gasteiger partial charge >= 0.3 is 5.97 Å². The van der Waals surface area contributed by atoms with Gasteiger partial charge in [0, 0.05) is 12.0 Å². The Balaban J connectivity index is 2.79. The van der Waals surface area contributed by atoms with E-state index >= 15 is 0 Å². The van der Waals surface area contributed by atoms with E-state index in [1.165, 1.54) is 0 Å². The summed E-state index contributed by atoms with van der Waals surface area (Å²) in [7, 11) is 0. The van der Waals surface area contributed by atoms with Gasteiger partial charge in [0.1, 0.15) is 0 Å². The van der Waals surface area contributed by atoms with E-state index in [4.69, 9.17) is 10.5 Å². The van der Waals surface area contributed by atoms with Gasteiger partial charge in [-0.3, -0.25) is 5.73 Å². The second-order valence-corrected chi connectivity index (χ2v) is 2.79. The fraction of sp³-hybridized carbons (Fsp3) is 0.571. The minimum atomic E-state index is -0.795. The lowest BCUT2D eigenvalue weighted by Crippen LogP contribution is -2.43. The number of ether oxygens (including phenoxy) is 1. The minimum absolute atomic E-state index is 0.309. The van der Waals surface area contributed by atoms with Crippen LogP contribution in [0.2, 0.25) is 0 Å². The van der Waals surface area contributed by atoms with Crippen molar-refractivity contribution in [3.05, 3.63) is 11.6 Å². The molecule has 0 radical (unpaired) electrons. The summed E-state index contributed by atoms with van der Waals surface area (Å²) >= 11 is 0. The summed E-state index contributed by atoms with van der Waals surface area (Å²) in [5.74, 6) is -0.309. The number of carbonyl (C=O) groups is 1. The Morgan fingerprint density at radius 3 is 2.80 bits per heavy atom. The predicted octanol–water partition coefficient (Wildman–Crippen LogP) is 0.555. The highest BCUT2D eigenvalue weighted by Crippen LogP contribution is 2.18.